The van der Waals surface area contributed by atoms with Crippen molar-refractivity contribution < 1.29 is 28.9 Å². The molecule has 0 spiro atoms. The molecule has 4 aromatic carbocycles. The van der Waals surface area contributed by atoms with E-state index in [0.717, 1.165) is 101 Å². The van der Waals surface area contributed by atoms with Crippen molar-refractivity contribution in [2.24, 2.45) is 0 Å². The molecule has 7 N–H and O–H groups in total. The third-order valence-electron chi connectivity index (χ3n) is 13.2. The van der Waals surface area contributed by atoms with Gasteiger partial charge < -0.3 is 59.7 Å². The van der Waals surface area contributed by atoms with Crippen LogP contribution >= 0.6 is 46.4 Å². The molecule has 0 saturated carbocycles. The summed E-state index contributed by atoms with van der Waals surface area (Å²) in [6, 6.07) is 22.6. The van der Waals surface area contributed by atoms with Crippen LogP contribution in [0.15, 0.2) is 85.5 Å². The number of halogens is 4. The van der Waals surface area contributed by atoms with Crippen molar-refractivity contribution in [2.75, 3.05) is 110 Å². The summed E-state index contributed by atoms with van der Waals surface area (Å²) >= 11 is 23.9. The topological polar surface area (TPSA) is 230 Å². The fourth-order valence-corrected chi connectivity index (χ4v) is 9.56. The van der Waals surface area contributed by atoms with Crippen LogP contribution in [0.2, 0.25) is 20.6 Å². The molecule has 2 fully saturated rings. The molecule has 0 aliphatic carbocycles. The van der Waals surface area contributed by atoms with Crippen LogP contribution in [0.1, 0.15) is 33.6 Å². The number of phenols is 1. The molecule has 406 valence electrons. The van der Waals surface area contributed by atoms with Gasteiger partial charge in [-0.05, 0) is 85.6 Å². The number of hydrogen-bond acceptors (Lipinski definition) is 14. The Kier molecular flexibility index (Phi) is 19.1. The van der Waals surface area contributed by atoms with Crippen LogP contribution in [-0.2, 0) is 22.6 Å². The summed E-state index contributed by atoms with van der Waals surface area (Å²) in [7, 11) is 1.60. The molecule has 0 bridgehead atoms. The summed E-state index contributed by atoms with van der Waals surface area (Å²) in [4.78, 5) is 54.6. The van der Waals surface area contributed by atoms with Crippen LogP contribution in [0.25, 0.3) is 44.8 Å². The van der Waals surface area contributed by atoms with E-state index in [-0.39, 0.29) is 27.9 Å². The van der Waals surface area contributed by atoms with E-state index in [2.05, 4.69) is 56.0 Å². The molecule has 20 nitrogen and oxygen atoms in total. The number of hydrogen-bond donors (Lipinski definition) is 7. The maximum absolute atomic E-state index is 13.1. The third-order valence-corrected chi connectivity index (χ3v) is 14.7. The predicted octanol–water partition coefficient (Wildman–Crippen LogP) is 8.31. The Morgan fingerprint density at radius 1 is 0.597 bits per heavy atom. The largest absolute Gasteiger partial charge is 0.506 e. The number of H-pyrrole nitrogens is 2. The highest BCUT2D eigenvalue weighted by atomic mass is 35.5. The highest BCUT2D eigenvalue weighted by molar-refractivity contribution is 6.41. The normalized spacial score (nSPS) is 14.1. The molecular weight excluding hydrogens is 1070 g/mol. The van der Waals surface area contributed by atoms with Gasteiger partial charge in [0.15, 0.2) is 10.3 Å². The van der Waals surface area contributed by atoms with Crippen LogP contribution < -0.4 is 26.0 Å². The number of rotatable bonds is 21. The lowest BCUT2D eigenvalue weighted by Crippen LogP contribution is -2.38. The SMILES string of the molecule is COc1ccc(C(=O)NCCCn2cnc(Cl)c2Cl)c2nc(-c3ccc(NCCN4CCOCC4)cc3)[nH]c12.O=C(NCCCn1cnc(Cl)c1Cl)c1ccc(O)c2[nH]c(-c3ccc(NCCN4CCOCC4)cc3)nc12. The molecular formula is C53H60Cl4N14O6. The van der Waals surface area contributed by atoms with Gasteiger partial charge in [-0.3, -0.25) is 19.4 Å². The zero-order valence-corrected chi connectivity index (χ0v) is 45.4. The van der Waals surface area contributed by atoms with Gasteiger partial charge in [0.1, 0.15) is 55.5 Å². The number of aromatic hydroxyl groups is 1. The molecule has 0 atom stereocenters. The molecule has 2 amide bonds. The predicted molar refractivity (Wildman–Crippen MR) is 301 cm³/mol. The maximum atomic E-state index is 13.1. The summed E-state index contributed by atoms with van der Waals surface area (Å²) < 4.78 is 19.8. The highest BCUT2D eigenvalue weighted by Gasteiger charge is 2.20. The summed E-state index contributed by atoms with van der Waals surface area (Å²) in [5.74, 6) is 1.40. The first-order chi connectivity index (χ1) is 37.5. The number of fused-ring (bicyclic) bond motifs is 2. The van der Waals surface area contributed by atoms with E-state index in [1.807, 2.05) is 48.5 Å². The van der Waals surface area contributed by atoms with Crippen molar-refractivity contribution in [3.8, 4) is 34.3 Å². The summed E-state index contributed by atoms with van der Waals surface area (Å²) in [5.41, 5.74) is 6.72. The lowest BCUT2D eigenvalue weighted by Gasteiger charge is -2.26. The monoisotopic (exact) mass is 1130 g/mol. The quantitative estimate of drug-likeness (QED) is 0.0336. The van der Waals surface area contributed by atoms with Crippen LogP contribution in [0.5, 0.6) is 11.5 Å². The Hall–Kier alpha value is -6.62. The van der Waals surface area contributed by atoms with E-state index in [4.69, 9.17) is 65.6 Å². The number of imidazole rings is 4. The third kappa shape index (κ3) is 14.1. The number of ether oxygens (including phenoxy) is 3. The first-order valence-electron chi connectivity index (χ1n) is 25.4. The minimum atomic E-state index is -0.275. The molecule has 77 heavy (non-hydrogen) atoms. The number of phenolic OH excluding ortho intramolecular Hbond substituents is 1. The number of aromatic amines is 2. The van der Waals surface area contributed by atoms with E-state index >= 15 is 0 Å². The molecule has 24 heteroatoms. The smallest absolute Gasteiger partial charge is 0.253 e. The minimum Gasteiger partial charge on any atom is -0.506 e. The number of benzene rings is 4. The van der Waals surface area contributed by atoms with Crippen molar-refractivity contribution in [2.45, 2.75) is 25.9 Å². The van der Waals surface area contributed by atoms with Crippen LogP contribution in [0.3, 0.4) is 0 Å². The average molecular weight is 1130 g/mol. The molecule has 4 aromatic heterocycles. The van der Waals surface area contributed by atoms with E-state index in [9.17, 15) is 14.7 Å². The first kappa shape index (κ1) is 55.1. The number of carbonyl (C=O) groups is 2. The van der Waals surface area contributed by atoms with Gasteiger partial charge in [0.25, 0.3) is 11.8 Å². The van der Waals surface area contributed by atoms with Gasteiger partial charge in [0, 0.05) is 101 Å². The number of carbonyl (C=O) groups excluding carboxylic acids is 2. The Morgan fingerprint density at radius 2 is 1.04 bits per heavy atom. The van der Waals surface area contributed by atoms with Crippen molar-refractivity contribution in [3.05, 3.63) is 117 Å². The Bertz CT molecular complexity index is 3240. The van der Waals surface area contributed by atoms with E-state index in [0.29, 0.717) is 99.9 Å². The number of amides is 2. The second-order valence-electron chi connectivity index (χ2n) is 18.2. The zero-order chi connectivity index (χ0) is 53.7. The summed E-state index contributed by atoms with van der Waals surface area (Å²) in [5, 5.41) is 24.5. The van der Waals surface area contributed by atoms with Gasteiger partial charge in [-0.25, -0.2) is 19.9 Å². The molecule has 10 rings (SSSR count). The van der Waals surface area contributed by atoms with Gasteiger partial charge in [-0.2, -0.15) is 0 Å². The van der Waals surface area contributed by atoms with Crippen molar-refractivity contribution in [3.63, 3.8) is 0 Å². The molecule has 2 aliphatic heterocycles. The van der Waals surface area contributed by atoms with Gasteiger partial charge >= 0.3 is 0 Å². The number of anilines is 2. The zero-order valence-electron chi connectivity index (χ0n) is 42.4. The number of methoxy groups -OCH3 is 1. The number of morpholine rings is 2. The van der Waals surface area contributed by atoms with Crippen LogP contribution in [-0.4, -0.2) is 165 Å². The second kappa shape index (κ2) is 26.6. The fourth-order valence-electron chi connectivity index (χ4n) is 8.90. The minimum absolute atomic E-state index is 0.0309. The molecule has 0 radical (unpaired) electrons. The van der Waals surface area contributed by atoms with Crippen LogP contribution in [0, 0.1) is 0 Å². The van der Waals surface area contributed by atoms with E-state index in [1.54, 1.807) is 47.1 Å². The van der Waals surface area contributed by atoms with Gasteiger partial charge in [0.05, 0.1) is 57.3 Å². The standard InChI is InChI=1S/C27H31Cl2N7O3.C26H29Cl2N7O3/c1-38-21-8-7-20(27(37)31-9-2-11-36-17-32-24(28)25(36)29)22-23(21)34-26(33-22)18-3-5-19(6-4-18)30-10-12-35-13-15-39-16-14-35;27-23-24(28)35(16-31-23)10-1-8-30-26(37)19-6-7-20(36)22-21(19)32-25(33-22)17-2-4-18(5-3-17)29-9-11-34-12-14-38-15-13-34/h3-8,17,30H,2,9-16H2,1H3,(H,31,37)(H,33,34);2-7,16,29,36H,1,8-15H2,(H,30,37)(H,32,33). The molecule has 2 saturated heterocycles. The summed E-state index contributed by atoms with van der Waals surface area (Å²) in [6.45, 7) is 12.8. The average Bonchev–Trinajstić information content (AvgIpc) is 4.27. The van der Waals surface area contributed by atoms with Gasteiger partial charge in [-0.1, -0.05) is 46.4 Å². The molecule has 0 unspecified atom stereocenters. The Labute approximate surface area is 464 Å². The number of nitrogens with zero attached hydrogens (tertiary/aromatic N) is 8. The Morgan fingerprint density at radius 3 is 1.48 bits per heavy atom. The van der Waals surface area contributed by atoms with Gasteiger partial charge in [-0.15, -0.1) is 0 Å². The molecule has 8 aromatic rings. The van der Waals surface area contributed by atoms with Crippen LogP contribution in [0.4, 0.5) is 11.4 Å². The summed E-state index contributed by atoms with van der Waals surface area (Å²) in [6.07, 6.45) is 4.45. The number of aromatic nitrogens is 8. The van der Waals surface area contributed by atoms with Gasteiger partial charge in [0.2, 0.25) is 0 Å². The molecule has 2 aliphatic rings. The lowest BCUT2D eigenvalue weighted by molar-refractivity contribution is 0.0398. The number of nitrogens with one attached hydrogen (secondary N) is 6. The first-order valence-corrected chi connectivity index (χ1v) is 26.9. The maximum Gasteiger partial charge on any atom is 0.253 e. The van der Waals surface area contributed by atoms with E-state index < -0.39 is 0 Å². The van der Waals surface area contributed by atoms with Crippen molar-refractivity contribution >= 4 is 91.7 Å². The highest BCUT2D eigenvalue weighted by Crippen LogP contribution is 2.32. The lowest BCUT2D eigenvalue weighted by atomic mass is 10.1. The van der Waals surface area contributed by atoms with Crippen molar-refractivity contribution in [1.82, 2.24) is 59.5 Å². The molecule has 6 heterocycles. The fraction of sp³-hybridized carbons (Fsp3) is 0.358. The number of aryl methyl sites for hydroxylation is 2. The van der Waals surface area contributed by atoms with Crippen molar-refractivity contribution in [1.29, 1.82) is 0 Å². The van der Waals surface area contributed by atoms with E-state index in [1.165, 1.54) is 6.07 Å². The second-order valence-corrected chi connectivity index (χ2v) is 19.7. The Balaban J connectivity index is 0.000000188.